The van der Waals surface area contributed by atoms with E-state index in [1.54, 1.807) is 30.3 Å². The quantitative estimate of drug-likeness (QED) is 0.462. The van der Waals surface area contributed by atoms with E-state index in [1.165, 1.54) is 0 Å². The number of hydrazine groups is 1. The van der Waals surface area contributed by atoms with Gasteiger partial charge < -0.3 is 0 Å². The first kappa shape index (κ1) is 14.2. The molecule has 4 nitrogen and oxygen atoms in total. The van der Waals surface area contributed by atoms with Gasteiger partial charge in [0.15, 0.2) is 0 Å². The van der Waals surface area contributed by atoms with E-state index >= 15 is 0 Å². The predicted octanol–water partition coefficient (Wildman–Crippen LogP) is 2.13. The summed E-state index contributed by atoms with van der Waals surface area (Å²) < 4.78 is 24.9. The highest BCUT2D eigenvalue weighted by Gasteiger charge is 2.20. The number of hydrogen-bond acceptors (Lipinski definition) is 3. The molecule has 0 aliphatic carbocycles. The summed E-state index contributed by atoms with van der Waals surface area (Å²) in [6.07, 6.45) is 4.04. The van der Waals surface area contributed by atoms with Gasteiger partial charge in [0.1, 0.15) is 0 Å². The van der Waals surface area contributed by atoms with Crippen LogP contribution in [0.5, 0.6) is 0 Å². The van der Waals surface area contributed by atoms with Crippen LogP contribution >= 0.6 is 0 Å². The molecule has 0 heterocycles. The topological polar surface area (TPSA) is 63.4 Å². The molecule has 0 aromatic heterocycles. The molecule has 1 rings (SSSR count). The smallest absolute Gasteiger partial charge is 0.255 e. The lowest BCUT2D eigenvalue weighted by atomic mass is 10.2. The summed E-state index contributed by atoms with van der Waals surface area (Å²) in [7, 11) is -3.52. The van der Waals surface area contributed by atoms with Crippen LogP contribution < -0.4 is 5.84 Å². The van der Waals surface area contributed by atoms with Crippen LogP contribution in [0.4, 0.5) is 0 Å². The minimum atomic E-state index is -3.52. The molecule has 1 aromatic carbocycles. The lowest BCUT2D eigenvalue weighted by molar-refractivity contribution is 0.411. The summed E-state index contributed by atoms with van der Waals surface area (Å²) >= 11 is 0. The molecular weight excluding hydrogens is 236 g/mol. The summed E-state index contributed by atoms with van der Waals surface area (Å²) in [5.74, 6) is 5.61. The standard InChI is InChI=1S/C12H20N2O2S/c1-2-3-4-8-11-14(13)17(15,16)12-9-6-5-7-10-12/h5-7,9-10H,2-4,8,11,13H2,1H3. The molecule has 1 aromatic rings. The summed E-state index contributed by atoms with van der Waals surface area (Å²) in [6.45, 7) is 2.48. The van der Waals surface area contributed by atoms with Gasteiger partial charge in [0.05, 0.1) is 4.90 Å². The van der Waals surface area contributed by atoms with Gasteiger partial charge in [0, 0.05) is 6.54 Å². The second-order valence-electron chi connectivity index (χ2n) is 3.99. The van der Waals surface area contributed by atoms with Gasteiger partial charge in [-0.15, -0.1) is 4.41 Å². The van der Waals surface area contributed by atoms with Crippen LogP contribution in [0.1, 0.15) is 32.6 Å². The summed E-state index contributed by atoms with van der Waals surface area (Å²) in [5.41, 5.74) is 0. The van der Waals surface area contributed by atoms with E-state index in [-0.39, 0.29) is 4.90 Å². The minimum Gasteiger partial charge on any atom is -0.255 e. The van der Waals surface area contributed by atoms with Crippen LogP contribution in [0.15, 0.2) is 35.2 Å². The normalized spacial score (nSPS) is 11.9. The average Bonchev–Trinajstić information content (AvgIpc) is 2.35. The van der Waals surface area contributed by atoms with E-state index in [1.807, 2.05) is 0 Å². The zero-order valence-corrected chi connectivity index (χ0v) is 11.0. The van der Waals surface area contributed by atoms with Crippen molar-refractivity contribution < 1.29 is 8.42 Å². The molecular formula is C12H20N2O2S. The summed E-state index contributed by atoms with van der Waals surface area (Å²) in [5, 5.41) is 0. The molecule has 0 spiro atoms. The number of benzene rings is 1. The molecule has 0 unspecified atom stereocenters. The zero-order chi connectivity index (χ0) is 12.7. The van der Waals surface area contributed by atoms with E-state index in [0.717, 1.165) is 30.1 Å². The fourth-order valence-electron chi connectivity index (χ4n) is 1.54. The molecule has 0 aliphatic rings. The third kappa shape index (κ3) is 4.11. The maximum atomic E-state index is 12.0. The number of rotatable bonds is 7. The number of hydrogen-bond donors (Lipinski definition) is 1. The van der Waals surface area contributed by atoms with E-state index < -0.39 is 10.0 Å². The largest absolute Gasteiger partial charge is 0.255 e. The van der Waals surface area contributed by atoms with Crippen molar-refractivity contribution in [2.45, 2.75) is 37.5 Å². The maximum absolute atomic E-state index is 12.0. The minimum absolute atomic E-state index is 0.248. The van der Waals surface area contributed by atoms with Gasteiger partial charge in [-0.1, -0.05) is 44.4 Å². The Balaban J connectivity index is 2.59. The molecule has 0 aliphatic heterocycles. The average molecular weight is 256 g/mol. The van der Waals surface area contributed by atoms with Crippen molar-refractivity contribution >= 4 is 10.0 Å². The predicted molar refractivity (Wildman–Crippen MR) is 68.7 cm³/mol. The van der Waals surface area contributed by atoms with E-state index in [0.29, 0.717) is 6.54 Å². The Labute approximate surface area is 103 Å². The van der Waals surface area contributed by atoms with Crippen molar-refractivity contribution in [3.8, 4) is 0 Å². The second-order valence-corrected chi connectivity index (χ2v) is 5.88. The number of unbranched alkanes of at least 4 members (excludes halogenated alkanes) is 3. The lowest BCUT2D eigenvalue weighted by Gasteiger charge is -2.16. The van der Waals surface area contributed by atoms with Gasteiger partial charge in [-0.2, -0.15) is 0 Å². The van der Waals surface area contributed by atoms with E-state index in [9.17, 15) is 8.42 Å². The first-order valence-corrected chi connectivity index (χ1v) is 7.35. The third-order valence-electron chi connectivity index (χ3n) is 2.58. The lowest BCUT2D eigenvalue weighted by Crippen LogP contribution is -2.38. The second kappa shape index (κ2) is 6.74. The van der Waals surface area contributed by atoms with Gasteiger partial charge >= 0.3 is 0 Å². The highest BCUT2D eigenvalue weighted by molar-refractivity contribution is 7.89. The van der Waals surface area contributed by atoms with Crippen molar-refractivity contribution in [2.75, 3.05) is 6.54 Å². The van der Waals surface area contributed by atoms with Crippen molar-refractivity contribution in [3.05, 3.63) is 30.3 Å². The highest BCUT2D eigenvalue weighted by Crippen LogP contribution is 2.12. The van der Waals surface area contributed by atoms with Gasteiger partial charge in [-0.25, -0.2) is 8.42 Å². The molecule has 0 atom stereocenters. The molecule has 17 heavy (non-hydrogen) atoms. The van der Waals surface area contributed by atoms with Crippen molar-refractivity contribution in [3.63, 3.8) is 0 Å². The highest BCUT2D eigenvalue weighted by atomic mass is 32.2. The number of nitrogens with two attached hydrogens (primary N) is 1. The SMILES string of the molecule is CCCCCCN(N)S(=O)(=O)c1ccccc1. The van der Waals surface area contributed by atoms with Crippen molar-refractivity contribution in [2.24, 2.45) is 5.84 Å². The van der Waals surface area contributed by atoms with Gasteiger partial charge in [-0.05, 0) is 18.6 Å². The van der Waals surface area contributed by atoms with E-state index in [4.69, 9.17) is 5.84 Å². The van der Waals surface area contributed by atoms with Crippen LogP contribution in [0.25, 0.3) is 0 Å². The molecule has 0 saturated carbocycles. The Morgan fingerprint density at radius 1 is 1.12 bits per heavy atom. The Hall–Kier alpha value is -0.910. The summed E-state index contributed by atoms with van der Waals surface area (Å²) in [4.78, 5) is 0.248. The van der Waals surface area contributed by atoms with Crippen LogP contribution in [0.2, 0.25) is 0 Å². The molecule has 96 valence electrons. The summed E-state index contributed by atoms with van der Waals surface area (Å²) in [6, 6.07) is 8.28. The van der Waals surface area contributed by atoms with Gasteiger partial charge in [-0.3, -0.25) is 5.84 Å². The fourth-order valence-corrected chi connectivity index (χ4v) is 2.68. The number of sulfonamides is 1. The molecule has 0 amide bonds. The van der Waals surface area contributed by atoms with Crippen molar-refractivity contribution in [1.29, 1.82) is 0 Å². The molecule has 0 bridgehead atoms. The molecule has 0 fully saturated rings. The fraction of sp³-hybridized carbons (Fsp3) is 0.500. The Bertz CT molecular complexity index is 417. The molecule has 5 heteroatoms. The van der Waals surface area contributed by atoms with Crippen LogP contribution in [-0.2, 0) is 10.0 Å². The van der Waals surface area contributed by atoms with Crippen LogP contribution in [-0.4, -0.2) is 19.4 Å². The first-order valence-electron chi connectivity index (χ1n) is 5.91. The number of nitrogens with zero attached hydrogens (tertiary/aromatic N) is 1. The first-order chi connectivity index (χ1) is 8.09. The Morgan fingerprint density at radius 2 is 1.76 bits per heavy atom. The molecule has 2 N–H and O–H groups in total. The molecule has 0 radical (unpaired) electrons. The van der Waals surface area contributed by atoms with Gasteiger partial charge in [0.2, 0.25) is 0 Å². The zero-order valence-electron chi connectivity index (χ0n) is 10.2. The van der Waals surface area contributed by atoms with Crippen LogP contribution in [0.3, 0.4) is 0 Å². The maximum Gasteiger partial charge on any atom is 0.255 e. The molecule has 0 saturated heterocycles. The third-order valence-corrected chi connectivity index (χ3v) is 4.25. The van der Waals surface area contributed by atoms with Gasteiger partial charge in [0.25, 0.3) is 10.0 Å². The Kier molecular flexibility index (Phi) is 5.61. The van der Waals surface area contributed by atoms with Crippen molar-refractivity contribution in [1.82, 2.24) is 4.41 Å². The van der Waals surface area contributed by atoms with E-state index in [2.05, 4.69) is 6.92 Å². The van der Waals surface area contributed by atoms with Crippen LogP contribution in [0, 0.1) is 0 Å². The Morgan fingerprint density at radius 3 is 2.35 bits per heavy atom. The monoisotopic (exact) mass is 256 g/mol.